The van der Waals surface area contributed by atoms with E-state index in [4.69, 9.17) is 4.74 Å². The second-order valence-electron chi connectivity index (χ2n) is 8.02. The quantitative estimate of drug-likeness (QED) is 0.828. The Balaban J connectivity index is 1.40. The molecule has 1 aromatic rings. The Morgan fingerprint density at radius 2 is 2.17 bits per heavy atom. The molecule has 1 aliphatic carbocycles. The van der Waals surface area contributed by atoms with Gasteiger partial charge >= 0.3 is 12.5 Å². The Morgan fingerprint density at radius 1 is 1.34 bits per heavy atom. The van der Waals surface area contributed by atoms with E-state index in [-0.39, 0.29) is 35.5 Å². The van der Waals surface area contributed by atoms with E-state index in [9.17, 15) is 22.8 Å². The highest BCUT2D eigenvalue weighted by molar-refractivity contribution is 5.80. The number of alkyl carbamates (subject to hydrolysis) is 1. The third-order valence-electron chi connectivity index (χ3n) is 6.23. The van der Waals surface area contributed by atoms with E-state index in [2.05, 4.69) is 10.1 Å². The minimum absolute atomic E-state index is 0.0295. The maximum absolute atomic E-state index is 12.9. The standard InChI is InChI=1S/C20H23F3N2O4/c21-20(22,23)29-16-5-1-4-14(9-16)19-6-7-25(12-15(19)10-19)17(26)13-3-2-8-28-18(27)24-11-13/h1,4-5,9,13,15H,2-3,6-8,10-12H2,(H,24,27)/t13-,15+,19+/m1/s1. The number of hydrogen-bond donors (Lipinski definition) is 1. The normalized spacial score (nSPS) is 29.6. The van der Waals surface area contributed by atoms with Crippen molar-refractivity contribution in [2.24, 2.45) is 11.8 Å². The fourth-order valence-corrected chi connectivity index (χ4v) is 4.64. The van der Waals surface area contributed by atoms with Gasteiger partial charge in [-0.3, -0.25) is 4.79 Å². The lowest BCUT2D eigenvalue weighted by Crippen LogP contribution is -2.46. The van der Waals surface area contributed by atoms with Gasteiger partial charge in [0, 0.05) is 25.0 Å². The van der Waals surface area contributed by atoms with Gasteiger partial charge < -0.3 is 19.7 Å². The molecule has 2 amide bonds. The number of amides is 2. The molecule has 3 fully saturated rings. The highest BCUT2D eigenvalue weighted by atomic mass is 19.4. The van der Waals surface area contributed by atoms with Gasteiger partial charge in [0.2, 0.25) is 5.91 Å². The van der Waals surface area contributed by atoms with Crippen LogP contribution in [0.4, 0.5) is 18.0 Å². The minimum atomic E-state index is -4.72. The molecule has 0 aromatic heterocycles. The molecule has 158 valence electrons. The lowest BCUT2D eigenvalue weighted by molar-refractivity contribution is -0.274. The van der Waals surface area contributed by atoms with Crippen LogP contribution < -0.4 is 10.1 Å². The van der Waals surface area contributed by atoms with E-state index >= 15 is 0 Å². The molecule has 0 unspecified atom stereocenters. The van der Waals surface area contributed by atoms with Crippen molar-refractivity contribution in [2.45, 2.75) is 37.5 Å². The summed E-state index contributed by atoms with van der Waals surface area (Å²) in [5.74, 6) is -0.215. The van der Waals surface area contributed by atoms with Crippen LogP contribution in [0.5, 0.6) is 5.75 Å². The van der Waals surface area contributed by atoms with Crippen LogP contribution in [0.2, 0.25) is 0 Å². The minimum Gasteiger partial charge on any atom is -0.450 e. The molecule has 9 heteroatoms. The summed E-state index contributed by atoms with van der Waals surface area (Å²) in [6.45, 7) is 1.71. The SMILES string of the molecule is O=C1NC[C@H](C(=O)N2CC[C@@]3(c4cccc(OC(F)(F)F)c4)C[C@H]3C2)CCCO1. The third kappa shape index (κ3) is 4.28. The molecule has 2 aliphatic heterocycles. The summed E-state index contributed by atoms with van der Waals surface area (Å²) in [5, 5.41) is 2.62. The van der Waals surface area contributed by atoms with Gasteiger partial charge in [0.15, 0.2) is 0 Å². The number of carbonyl (C=O) groups excluding carboxylic acids is 2. The molecule has 6 nitrogen and oxygen atoms in total. The molecular formula is C20H23F3N2O4. The largest absolute Gasteiger partial charge is 0.573 e. The lowest BCUT2D eigenvalue weighted by Gasteiger charge is -2.34. The van der Waals surface area contributed by atoms with Gasteiger partial charge in [-0.05, 0) is 49.3 Å². The van der Waals surface area contributed by atoms with Crippen molar-refractivity contribution in [3.63, 3.8) is 0 Å². The van der Waals surface area contributed by atoms with E-state index < -0.39 is 12.5 Å². The van der Waals surface area contributed by atoms with Crippen molar-refractivity contribution < 1.29 is 32.2 Å². The average molecular weight is 412 g/mol. The van der Waals surface area contributed by atoms with Crippen LogP contribution in [0.15, 0.2) is 24.3 Å². The first-order valence-corrected chi connectivity index (χ1v) is 9.82. The summed E-state index contributed by atoms with van der Waals surface area (Å²) in [6, 6.07) is 6.19. The Kier molecular flexibility index (Phi) is 5.08. The number of rotatable bonds is 3. The molecule has 2 saturated heterocycles. The average Bonchev–Trinajstić information content (AvgIpc) is 3.38. The number of likely N-dealkylation sites (tertiary alicyclic amines) is 1. The third-order valence-corrected chi connectivity index (χ3v) is 6.23. The topological polar surface area (TPSA) is 67.9 Å². The molecular weight excluding hydrogens is 389 g/mol. The number of benzene rings is 1. The number of piperidine rings is 1. The number of alkyl halides is 3. The summed E-state index contributed by atoms with van der Waals surface area (Å²) >= 11 is 0. The van der Waals surface area contributed by atoms with Crippen molar-refractivity contribution in [1.29, 1.82) is 0 Å². The molecule has 3 atom stereocenters. The van der Waals surface area contributed by atoms with Gasteiger partial charge in [0.1, 0.15) is 5.75 Å². The highest BCUT2D eigenvalue weighted by Gasteiger charge is 2.58. The van der Waals surface area contributed by atoms with Crippen molar-refractivity contribution in [1.82, 2.24) is 10.2 Å². The maximum atomic E-state index is 12.9. The highest BCUT2D eigenvalue weighted by Crippen LogP contribution is 2.59. The van der Waals surface area contributed by atoms with E-state index in [0.717, 1.165) is 12.0 Å². The van der Waals surface area contributed by atoms with Crippen LogP contribution in [-0.2, 0) is 14.9 Å². The zero-order valence-electron chi connectivity index (χ0n) is 15.8. The van der Waals surface area contributed by atoms with E-state index in [1.54, 1.807) is 6.07 Å². The molecule has 3 aliphatic rings. The van der Waals surface area contributed by atoms with Gasteiger partial charge in [0.25, 0.3) is 0 Å². The molecule has 2 heterocycles. The summed E-state index contributed by atoms with van der Waals surface area (Å²) in [6.07, 6.45) is -2.35. The Morgan fingerprint density at radius 3 is 2.93 bits per heavy atom. The first-order chi connectivity index (χ1) is 13.8. The van der Waals surface area contributed by atoms with Gasteiger partial charge in [-0.2, -0.15) is 0 Å². The number of fused-ring (bicyclic) bond motifs is 1. The number of ether oxygens (including phenoxy) is 2. The number of carbonyl (C=O) groups is 2. The van der Waals surface area contributed by atoms with Crippen LogP contribution in [0, 0.1) is 11.8 Å². The number of nitrogens with one attached hydrogen (secondary N) is 1. The van der Waals surface area contributed by atoms with E-state index in [0.29, 0.717) is 39.0 Å². The van der Waals surface area contributed by atoms with Gasteiger partial charge in [-0.15, -0.1) is 13.2 Å². The first-order valence-electron chi connectivity index (χ1n) is 9.82. The predicted molar refractivity (Wildman–Crippen MR) is 96.2 cm³/mol. The molecule has 29 heavy (non-hydrogen) atoms. The Hall–Kier alpha value is -2.45. The number of halogens is 3. The fraction of sp³-hybridized carbons (Fsp3) is 0.600. The van der Waals surface area contributed by atoms with Crippen LogP contribution in [0.25, 0.3) is 0 Å². The van der Waals surface area contributed by atoms with Gasteiger partial charge in [-0.1, -0.05) is 12.1 Å². The van der Waals surface area contributed by atoms with Crippen molar-refractivity contribution in [3.8, 4) is 5.75 Å². The number of nitrogens with zero attached hydrogens (tertiary/aromatic N) is 1. The monoisotopic (exact) mass is 412 g/mol. The Labute approximate surface area is 166 Å². The summed E-state index contributed by atoms with van der Waals surface area (Å²) < 4.78 is 46.5. The molecule has 1 N–H and O–H groups in total. The molecule has 0 spiro atoms. The van der Waals surface area contributed by atoms with Gasteiger partial charge in [-0.25, -0.2) is 4.79 Å². The van der Waals surface area contributed by atoms with Gasteiger partial charge in [0.05, 0.1) is 12.5 Å². The predicted octanol–water partition coefficient (Wildman–Crippen LogP) is 3.21. The van der Waals surface area contributed by atoms with Crippen molar-refractivity contribution >= 4 is 12.0 Å². The summed E-state index contributed by atoms with van der Waals surface area (Å²) in [4.78, 5) is 26.2. The molecule has 4 rings (SSSR count). The summed E-state index contributed by atoms with van der Waals surface area (Å²) in [5.41, 5.74) is 0.664. The lowest BCUT2D eigenvalue weighted by atomic mass is 9.86. The second kappa shape index (κ2) is 7.42. The van der Waals surface area contributed by atoms with Crippen molar-refractivity contribution in [2.75, 3.05) is 26.2 Å². The molecule has 0 bridgehead atoms. The second-order valence-corrected chi connectivity index (χ2v) is 8.02. The van der Waals surface area contributed by atoms with Crippen LogP contribution >= 0.6 is 0 Å². The number of hydrogen-bond acceptors (Lipinski definition) is 4. The molecule has 1 aromatic carbocycles. The van der Waals surface area contributed by atoms with Crippen LogP contribution in [0.3, 0.4) is 0 Å². The fourth-order valence-electron chi connectivity index (χ4n) is 4.64. The first kappa shape index (κ1) is 19.8. The van der Waals surface area contributed by atoms with E-state index in [1.807, 2.05) is 11.0 Å². The van der Waals surface area contributed by atoms with Crippen LogP contribution in [0.1, 0.15) is 31.2 Å². The zero-order valence-corrected chi connectivity index (χ0v) is 15.8. The molecule has 0 radical (unpaired) electrons. The maximum Gasteiger partial charge on any atom is 0.573 e. The van der Waals surface area contributed by atoms with Crippen LogP contribution in [-0.4, -0.2) is 49.5 Å². The number of cyclic esters (lactones) is 1. The summed E-state index contributed by atoms with van der Waals surface area (Å²) in [7, 11) is 0. The zero-order chi connectivity index (χ0) is 20.6. The smallest absolute Gasteiger partial charge is 0.450 e. The van der Waals surface area contributed by atoms with Crippen molar-refractivity contribution in [3.05, 3.63) is 29.8 Å². The molecule has 1 saturated carbocycles. The van der Waals surface area contributed by atoms with E-state index in [1.165, 1.54) is 12.1 Å². The Bertz CT molecular complexity index is 800.